The number of carbonyl (C=O) groups excluding carboxylic acids is 2. The first-order chi connectivity index (χ1) is 15.1. The number of furan rings is 1. The summed E-state index contributed by atoms with van der Waals surface area (Å²) < 4.78 is 16.6. The number of hydrogen-bond donors (Lipinski definition) is 2. The van der Waals surface area contributed by atoms with Crippen LogP contribution in [0.25, 0.3) is 0 Å². The van der Waals surface area contributed by atoms with Crippen LogP contribution in [-0.4, -0.2) is 25.0 Å². The van der Waals surface area contributed by atoms with Crippen molar-refractivity contribution in [2.75, 3.05) is 23.8 Å². The highest BCUT2D eigenvalue weighted by atomic mass is 16.5. The first-order valence-electron chi connectivity index (χ1n) is 10.3. The molecule has 0 saturated heterocycles. The minimum absolute atomic E-state index is 0.217. The maximum atomic E-state index is 12.6. The summed E-state index contributed by atoms with van der Waals surface area (Å²) in [6.45, 7) is 5.22. The van der Waals surface area contributed by atoms with E-state index in [2.05, 4.69) is 10.6 Å². The van der Waals surface area contributed by atoms with Gasteiger partial charge in [0.15, 0.2) is 17.3 Å². The minimum atomic E-state index is -0.354. The zero-order valence-corrected chi connectivity index (χ0v) is 17.6. The monoisotopic (exact) mass is 422 g/mol. The van der Waals surface area contributed by atoms with Crippen molar-refractivity contribution in [2.45, 2.75) is 26.7 Å². The van der Waals surface area contributed by atoms with Gasteiger partial charge >= 0.3 is 0 Å². The summed E-state index contributed by atoms with van der Waals surface area (Å²) in [5.74, 6) is 0.850. The van der Waals surface area contributed by atoms with Gasteiger partial charge in [0.1, 0.15) is 0 Å². The highest BCUT2D eigenvalue weighted by molar-refractivity contribution is 6.05. The van der Waals surface area contributed by atoms with E-state index < -0.39 is 0 Å². The Labute approximate surface area is 181 Å². The maximum Gasteiger partial charge on any atom is 0.291 e. The molecule has 0 saturated carbocycles. The Balaban J connectivity index is 1.65. The predicted molar refractivity (Wildman–Crippen MR) is 119 cm³/mol. The van der Waals surface area contributed by atoms with Gasteiger partial charge in [-0.1, -0.05) is 13.8 Å². The van der Waals surface area contributed by atoms with Gasteiger partial charge in [-0.3, -0.25) is 9.59 Å². The maximum absolute atomic E-state index is 12.6. The lowest BCUT2D eigenvalue weighted by atomic mass is 10.2. The lowest BCUT2D eigenvalue weighted by molar-refractivity contribution is 0.0995. The molecule has 0 spiro atoms. The van der Waals surface area contributed by atoms with Crippen molar-refractivity contribution in [3.8, 4) is 11.5 Å². The summed E-state index contributed by atoms with van der Waals surface area (Å²) in [4.78, 5) is 24.7. The van der Waals surface area contributed by atoms with E-state index in [4.69, 9.17) is 13.9 Å². The summed E-state index contributed by atoms with van der Waals surface area (Å²) in [5, 5.41) is 5.58. The van der Waals surface area contributed by atoms with E-state index >= 15 is 0 Å². The molecule has 0 unspecified atom stereocenters. The molecule has 0 aliphatic carbocycles. The van der Waals surface area contributed by atoms with Crippen LogP contribution in [0.2, 0.25) is 0 Å². The molecule has 31 heavy (non-hydrogen) atoms. The number of ether oxygens (including phenoxy) is 2. The fraction of sp³-hybridized carbons (Fsp3) is 0.250. The molecule has 2 aromatic carbocycles. The van der Waals surface area contributed by atoms with Gasteiger partial charge in [0.2, 0.25) is 0 Å². The van der Waals surface area contributed by atoms with E-state index in [1.165, 1.54) is 6.26 Å². The SMILES string of the molecule is CCCOc1ccc(NC(=O)c2ccc(NC(=O)c3ccco3)cc2)cc1OCCC. The Morgan fingerprint density at radius 1 is 0.806 bits per heavy atom. The molecule has 3 aromatic rings. The molecule has 1 aromatic heterocycles. The molecule has 0 aliphatic rings. The van der Waals surface area contributed by atoms with Crippen LogP contribution in [0.15, 0.2) is 65.3 Å². The number of benzene rings is 2. The van der Waals surface area contributed by atoms with Crippen LogP contribution in [0.4, 0.5) is 11.4 Å². The lowest BCUT2D eigenvalue weighted by Crippen LogP contribution is -2.13. The quantitative estimate of drug-likeness (QED) is 0.459. The normalized spacial score (nSPS) is 10.4. The number of nitrogens with one attached hydrogen (secondary N) is 2. The number of amides is 2. The van der Waals surface area contributed by atoms with Gasteiger partial charge < -0.3 is 24.5 Å². The molecule has 2 amide bonds. The Morgan fingerprint density at radius 2 is 1.45 bits per heavy atom. The van der Waals surface area contributed by atoms with Gasteiger partial charge in [0, 0.05) is 23.0 Å². The minimum Gasteiger partial charge on any atom is -0.490 e. The van der Waals surface area contributed by atoms with Crippen LogP contribution in [-0.2, 0) is 0 Å². The molecule has 0 bridgehead atoms. The molecule has 0 atom stereocenters. The molecule has 7 nitrogen and oxygen atoms in total. The third kappa shape index (κ3) is 6.12. The largest absolute Gasteiger partial charge is 0.490 e. The Hall–Kier alpha value is -3.74. The average molecular weight is 422 g/mol. The molecular formula is C24H26N2O5. The van der Waals surface area contributed by atoms with Crippen molar-refractivity contribution in [1.29, 1.82) is 0 Å². The molecule has 7 heteroatoms. The molecule has 2 N–H and O–H groups in total. The van der Waals surface area contributed by atoms with Crippen molar-refractivity contribution in [1.82, 2.24) is 0 Å². The second kappa shape index (κ2) is 10.9. The standard InChI is InChI=1S/C24H26N2O5/c1-3-13-29-20-12-11-19(16-22(20)30-14-4-2)26-23(27)17-7-9-18(10-8-17)25-24(28)21-6-5-15-31-21/h5-12,15-16H,3-4,13-14H2,1-2H3,(H,25,28)(H,26,27). The summed E-state index contributed by atoms with van der Waals surface area (Å²) >= 11 is 0. The number of rotatable bonds is 10. The molecule has 0 radical (unpaired) electrons. The van der Waals surface area contributed by atoms with Crippen LogP contribution < -0.4 is 20.1 Å². The van der Waals surface area contributed by atoms with Gasteiger partial charge in [0.25, 0.3) is 11.8 Å². The molecule has 3 rings (SSSR count). The van der Waals surface area contributed by atoms with Crippen LogP contribution >= 0.6 is 0 Å². The summed E-state index contributed by atoms with van der Waals surface area (Å²) in [5.41, 5.74) is 1.62. The fourth-order valence-electron chi connectivity index (χ4n) is 2.75. The second-order valence-corrected chi connectivity index (χ2v) is 6.82. The van der Waals surface area contributed by atoms with Gasteiger partial charge in [-0.15, -0.1) is 0 Å². The highest BCUT2D eigenvalue weighted by Gasteiger charge is 2.12. The van der Waals surface area contributed by atoms with E-state index in [0.29, 0.717) is 41.7 Å². The van der Waals surface area contributed by atoms with Crippen molar-refractivity contribution < 1.29 is 23.5 Å². The lowest BCUT2D eigenvalue weighted by Gasteiger charge is -2.14. The van der Waals surface area contributed by atoms with Crippen LogP contribution in [0.1, 0.15) is 47.6 Å². The molecular weight excluding hydrogens is 396 g/mol. The van der Waals surface area contributed by atoms with E-state index in [1.54, 1.807) is 54.6 Å². The number of carbonyl (C=O) groups is 2. The van der Waals surface area contributed by atoms with Gasteiger partial charge in [0.05, 0.1) is 19.5 Å². The molecule has 162 valence electrons. The molecule has 1 heterocycles. The number of anilines is 2. The third-order valence-corrected chi connectivity index (χ3v) is 4.27. The van der Waals surface area contributed by atoms with E-state index in [-0.39, 0.29) is 17.6 Å². The van der Waals surface area contributed by atoms with Gasteiger partial charge in [-0.2, -0.15) is 0 Å². The molecule has 0 aliphatic heterocycles. The van der Waals surface area contributed by atoms with E-state index in [1.807, 2.05) is 13.8 Å². The smallest absolute Gasteiger partial charge is 0.291 e. The fourth-order valence-corrected chi connectivity index (χ4v) is 2.75. The highest BCUT2D eigenvalue weighted by Crippen LogP contribution is 2.31. The molecule has 0 fully saturated rings. The summed E-state index contributed by atoms with van der Waals surface area (Å²) in [6, 6.07) is 15.2. The Morgan fingerprint density at radius 3 is 2.10 bits per heavy atom. The van der Waals surface area contributed by atoms with E-state index in [9.17, 15) is 9.59 Å². The van der Waals surface area contributed by atoms with Gasteiger partial charge in [-0.25, -0.2) is 0 Å². The summed E-state index contributed by atoms with van der Waals surface area (Å²) in [7, 11) is 0. The van der Waals surface area contributed by atoms with Crippen LogP contribution in [0, 0.1) is 0 Å². The van der Waals surface area contributed by atoms with Crippen LogP contribution in [0.3, 0.4) is 0 Å². The third-order valence-electron chi connectivity index (χ3n) is 4.27. The second-order valence-electron chi connectivity index (χ2n) is 6.82. The van der Waals surface area contributed by atoms with Gasteiger partial charge in [-0.05, 0) is 61.4 Å². The topological polar surface area (TPSA) is 89.8 Å². The van der Waals surface area contributed by atoms with Crippen molar-refractivity contribution in [3.63, 3.8) is 0 Å². The number of hydrogen-bond acceptors (Lipinski definition) is 5. The first-order valence-corrected chi connectivity index (χ1v) is 10.3. The van der Waals surface area contributed by atoms with Crippen LogP contribution in [0.5, 0.6) is 11.5 Å². The zero-order valence-electron chi connectivity index (χ0n) is 17.6. The van der Waals surface area contributed by atoms with Crippen molar-refractivity contribution >= 4 is 23.2 Å². The van der Waals surface area contributed by atoms with E-state index in [0.717, 1.165) is 12.8 Å². The zero-order chi connectivity index (χ0) is 22.1. The Kier molecular flexibility index (Phi) is 7.70. The predicted octanol–water partition coefficient (Wildman–Crippen LogP) is 5.36. The first kappa shape index (κ1) is 22.0. The average Bonchev–Trinajstić information content (AvgIpc) is 3.32. The Bertz CT molecular complexity index is 997. The van der Waals surface area contributed by atoms with Crippen molar-refractivity contribution in [3.05, 3.63) is 72.2 Å². The van der Waals surface area contributed by atoms with Crippen molar-refractivity contribution in [2.24, 2.45) is 0 Å². The summed E-state index contributed by atoms with van der Waals surface area (Å²) in [6.07, 6.45) is 3.19.